The maximum absolute atomic E-state index is 13.1. The Morgan fingerprint density at radius 1 is 1.31 bits per heavy atom. The summed E-state index contributed by atoms with van der Waals surface area (Å²) >= 11 is 9.80. The van der Waals surface area contributed by atoms with Gasteiger partial charge in [-0.05, 0) is 48.8 Å². The fourth-order valence-corrected chi connectivity index (χ4v) is 4.30. The third-order valence-electron chi connectivity index (χ3n) is 5.16. The Kier molecular flexibility index (Phi) is 4.90. The largest absolute Gasteiger partial charge is 0.444 e. The normalized spacial score (nSPS) is 19.3. The second-order valence-corrected chi connectivity index (χ2v) is 9.57. The molecule has 0 bridgehead atoms. The van der Waals surface area contributed by atoms with E-state index in [4.69, 9.17) is 16.3 Å². The maximum Gasteiger partial charge on any atom is 0.410 e. The van der Waals surface area contributed by atoms with Crippen molar-refractivity contribution < 1.29 is 14.3 Å². The first-order chi connectivity index (χ1) is 13.6. The molecule has 0 spiro atoms. The molecular formula is C20H22BrClN4O3. The number of nitrogens with zero attached hydrogens (tertiary/aromatic N) is 4. The number of fused-ring (bicyclic) bond motifs is 5. The topological polar surface area (TPSA) is 66.0 Å². The summed E-state index contributed by atoms with van der Waals surface area (Å²) in [6.07, 6.45) is 1.32. The first-order valence-corrected chi connectivity index (χ1v) is 10.5. The number of benzene rings is 1. The third kappa shape index (κ3) is 3.53. The second-order valence-electron chi connectivity index (χ2n) is 8.31. The number of amides is 2. The van der Waals surface area contributed by atoms with Crippen LogP contribution in [0, 0.1) is 0 Å². The molecule has 1 fully saturated rings. The third-order valence-corrected chi connectivity index (χ3v) is 6.36. The number of hydrogen-bond acceptors (Lipinski definition) is 5. The van der Waals surface area contributed by atoms with Crippen LogP contribution in [0.4, 0.5) is 16.2 Å². The van der Waals surface area contributed by atoms with Crippen LogP contribution in [0.1, 0.15) is 20.8 Å². The van der Waals surface area contributed by atoms with Gasteiger partial charge in [-0.15, -0.1) is 0 Å². The van der Waals surface area contributed by atoms with Crippen LogP contribution in [0.5, 0.6) is 0 Å². The van der Waals surface area contributed by atoms with E-state index in [-0.39, 0.29) is 12.5 Å². The Hall–Kier alpha value is -2.06. The van der Waals surface area contributed by atoms with Gasteiger partial charge in [-0.2, -0.15) is 0 Å². The zero-order valence-electron chi connectivity index (χ0n) is 16.7. The van der Waals surface area contributed by atoms with E-state index >= 15 is 0 Å². The lowest BCUT2D eigenvalue weighted by Gasteiger charge is -2.47. The first-order valence-electron chi connectivity index (χ1n) is 9.37. The van der Waals surface area contributed by atoms with Crippen molar-refractivity contribution in [3.8, 4) is 0 Å². The number of carbonyl (C=O) groups excluding carboxylic acids is 2. The Labute approximate surface area is 182 Å². The molecule has 0 N–H and O–H groups in total. The van der Waals surface area contributed by atoms with E-state index in [0.29, 0.717) is 18.1 Å². The molecule has 0 saturated carbocycles. The molecule has 2 aliphatic rings. The summed E-state index contributed by atoms with van der Waals surface area (Å²) in [4.78, 5) is 35.4. The number of hydrogen-bond donors (Lipinski definition) is 0. The number of ether oxygens (including phenoxy) is 1. The van der Waals surface area contributed by atoms with Gasteiger partial charge in [0.05, 0.1) is 34.7 Å². The smallest absolute Gasteiger partial charge is 0.410 e. The lowest BCUT2D eigenvalue weighted by atomic mass is 10.0. The number of halogens is 2. The summed E-state index contributed by atoms with van der Waals surface area (Å²) < 4.78 is 6.27. The van der Waals surface area contributed by atoms with Crippen LogP contribution in [0.25, 0.3) is 10.9 Å². The summed E-state index contributed by atoms with van der Waals surface area (Å²) in [5, 5.41) is 1.46. The highest BCUT2D eigenvalue weighted by atomic mass is 79.9. The van der Waals surface area contributed by atoms with E-state index in [1.165, 1.54) is 0 Å². The van der Waals surface area contributed by atoms with Gasteiger partial charge in [0, 0.05) is 30.0 Å². The highest BCUT2D eigenvalue weighted by Gasteiger charge is 2.43. The summed E-state index contributed by atoms with van der Waals surface area (Å²) in [5.41, 5.74) is 1.86. The van der Waals surface area contributed by atoms with Crippen molar-refractivity contribution in [1.29, 1.82) is 0 Å². The van der Waals surface area contributed by atoms with Gasteiger partial charge in [-0.3, -0.25) is 9.78 Å². The van der Waals surface area contributed by atoms with Gasteiger partial charge in [0.2, 0.25) is 0 Å². The van der Waals surface area contributed by atoms with Crippen LogP contribution in [0.2, 0.25) is 5.02 Å². The van der Waals surface area contributed by atoms with Crippen LogP contribution in [0.3, 0.4) is 0 Å². The molecule has 0 radical (unpaired) electrons. The van der Waals surface area contributed by atoms with Crippen LogP contribution in [0.15, 0.2) is 22.8 Å². The van der Waals surface area contributed by atoms with Crippen molar-refractivity contribution in [2.75, 3.05) is 36.5 Å². The molecule has 9 heteroatoms. The van der Waals surface area contributed by atoms with Crippen LogP contribution < -0.4 is 9.80 Å². The van der Waals surface area contributed by atoms with Crippen molar-refractivity contribution in [2.45, 2.75) is 32.4 Å². The fourth-order valence-electron chi connectivity index (χ4n) is 3.81. The molecular weight excluding hydrogens is 460 g/mol. The van der Waals surface area contributed by atoms with E-state index < -0.39 is 17.7 Å². The average Bonchev–Trinajstić information content (AvgIpc) is 2.64. The minimum Gasteiger partial charge on any atom is -0.444 e. The molecule has 0 aliphatic carbocycles. The number of pyridine rings is 1. The van der Waals surface area contributed by atoms with Crippen LogP contribution in [-0.4, -0.2) is 60.2 Å². The zero-order chi connectivity index (χ0) is 21.1. The first kappa shape index (κ1) is 20.2. The number of rotatable bonds is 0. The van der Waals surface area contributed by atoms with E-state index in [0.717, 1.165) is 26.8 Å². The average molecular weight is 482 g/mol. The molecule has 7 nitrogen and oxygen atoms in total. The maximum atomic E-state index is 13.1. The van der Waals surface area contributed by atoms with E-state index in [9.17, 15) is 9.59 Å². The molecule has 154 valence electrons. The van der Waals surface area contributed by atoms with Crippen molar-refractivity contribution in [3.63, 3.8) is 0 Å². The zero-order valence-corrected chi connectivity index (χ0v) is 19.0. The van der Waals surface area contributed by atoms with Crippen LogP contribution >= 0.6 is 27.5 Å². The van der Waals surface area contributed by atoms with Crippen molar-refractivity contribution in [1.82, 2.24) is 9.88 Å². The van der Waals surface area contributed by atoms with Crippen molar-refractivity contribution in [2.24, 2.45) is 0 Å². The highest BCUT2D eigenvalue weighted by Crippen LogP contribution is 2.43. The molecule has 4 rings (SSSR count). The number of anilines is 2. The Bertz CT molecular complexity index is 1020. The molecule has 1 saturated heterocycles. The molecule has 2 amide bonds. The summed E-state index contributed by atoms with van der Waals surface area (Å²) in [5.74, 6) is -0.0740. The molecule has 1 aromatic heterocycles. The lowest BCUT2D eigenvalue weighted by molar-refractivity contribution is -0.120. The van der Waals surface area contributed by atoms with Gasteiger partial charge in [0.1, 0.15) is 11.6 Å². The SMILES string of the molecule is CN1C(=O)C2CN(C(=O)OC(C)(C)C)CCN2c2c1cnc1cc(Br)c(Cl)cc21. The highest BCUT2D eigenvalue weighted by molar-refractivity contribution is 9.10. The summed E-state index contributed by atoms with van der Waals surface area (Å²) in [6, 6.07) is 3.26. The quantitative estimate of drug-likeness (QED) is 0.568. The second kappa shape index (κ2) is 7.02. The Morgan fingerprint density at radius 3 is 2.72 bits per heavy atom. The van der Waals surface area contributed by atoms with E-state index in [2.05, 4.69) is 25.8 Å². The standard InChI is InChI=1S/C20H22BrClN4O3/c1-20(2,3)29-19(28)25-5-6-26-16(10-25)18(27)24(4)15-9-23-14-8-12(21)13(22)7-11(14)17(15)26/h7-9,16H,5-6,10H2,1-4H3. The van der Waals surface area contributed by atoms with Gasteiger partial charge >= 0.3 is 6.09 Å². The monoisotopic (exact) mass is 480 g/mol. The number of aromatic nitrogens is 1. The minimum atomic E-state index is -0.583. The Balaban J connectivity index is 1.74. The predicted octanol–water partition coefficient (Wildman–Crippen LogP) is 4.05. The predicted molar refractivity (Wildman–Crippen MR) is 117 cm³/mol. The van der Waals surface area contributed by atoms with E-state index in [1.807, 2.05) is 32.9 Å². The molecule has 2 aromatic rings. The van der Waals surface area contributed by atoms with Gasteiger partial charge in [-0.1, -0.05) is 11.6 Å². The fraction of sp³-hybridized carbons (Fsp3) is 0.450. The molecule has 1 unspecified atom stereocenters. The van der Waals surface area contributed by atoms with Gasteiger partial charge in [0.15, 0.2) is 0 Å². The summed E-state index contributed by atoms with van der Waals surface area (Å²) in [6.45, 7) is 6.75. The number of piperazine rings is 1. The lowest BCUT2D eigenvalue weighted by Crippen LogP contribution is -2.63. The molecule has 1 atom stereocenters. The minimum absolute atomic E-state index is 0.0740. The number of carbonyl (C=O) groups is 2. The molecule has 2 aliphatic heterocycles. The van der Waals surface area contributed by atoms with Crippen molar-refractivity contribution in [3.05, 3.63) is 27.8 Å². The van der Waals surface area contributed by atoms with Crippen molar-refractivity contribution >= 4 is 61.8 Å². The molecule has 3 heterocycles. The van der Waals surface area contributed by atoms with E-state index in [1.54, 1.807) is 23.0 Å². The summed E-state index contributed by atoms with van der Waals surface area (Å²) in [7, 11) is 1.74. The number of likely N-dealkylation sites (N-methyl/N-ethyl adjacent to an activating group) is 1. The van der Waals surface area contributed by atoms with Gasteiger partial charge in [-0.25, -0.2) is 4.79 Å². The molecule has 29 heavy (non-hydrogen) atoms. The van der Waals surface area contributed by atoms with Crippen LogP contribution in [-0.2, 0) is 9.53 Å². The Morgan fingerprint density at radius 2 is 2.03 bits per heavy atom. The van der Waals surface area contributed by atoms with Gasteiger partial charge < -0.3 is 19.4 Å². The van der Waals surface area contributed by atoms with Gasteiger partial charge in [0.25, 0.3) is 5.91 Å². The molecule has 1 aromatic carbocycles.